The number of aryl methyl sites for hydroxylation is 1. The minimum absolute atomic E-state index is 0.151. The molecule has 146 valence electrons. The fourth-order valence-corrected chi connectivity index (χ4v) is 5.34. The highest BCUT2D eigenvalue weighted by Gasteiger charge is 2.27. The van der Waals surface area contributed by atoms with Gasteiger partial charge < -0.3 is 0 Å². The van der Waals surface area contributed by atoms with Crippen molar-refractivity contribution in [2.75, 3.05) is 13.1 Å². The van der Waals surface area contributed by atoms with E-state index < -0.39 is 15.9 Å². The molecule has 28 heavy (non-hydrogen) atoms. The molecule has 2 aliphatic rings. The second-order valence-electron chi connectivity index (χ2n) is 7.15. The van der Waals surface area contributed by atoms with Gasteiger partial charge in [-0.2, -0.15) is 9.41 Å². The molecule has 1 aliphatic carbocycles. The van der Waals surface area contributed by atoms with Gasteiger partial charge in [0.2, 0.25) is 10.0 Å². The first kappa shape index (κ1) is 18.8. The Kier molecular flexibility index (Phi) is 5.28. The number of rotatable bonds is 4. The maximum Gasteiger partial charge on any atom is 0.271 e. The quantitative estimate of drug-likeness (QED) is 0.806. The van der Waals surface area contributed by atoms with Gasteiger partial charge in [0, 0.05) is 24.2 Å². The number of fused-ring (bicyclic) bond motifs is 1. The molecule has 1 saturated heterocycles. The van der Waals surface area contributed by atoms with Gasteiger partial charge in [0.25, 0.3) is 5.91 Å². The highest BCUT2D eigenvalue weighted by molar-refractivity contribution is 7.89. The van der Waals surface area contributed by atoms with E-state index in [1.54, 1.807) is 12.1 Å². The molecular weight excluding hydrogens is 374 g/mol. The Morgan fingerprint density at radius 2 is 1.75 bits per heavy atom. The van der Waals surface area contributed by atoms with Crippen molar-refractivity contribution in [3.63, 3.8) is 0 Å². The molecule has 1 fully saturated rings. The van der Waals surface area contributed by atoms with Crippen molar-refractivity contribution < 1.29 is 13.2 Å². The summed E-state index contributed by atoms with van der Waals surface area (Å²) in [6, 6.07) is 14.2. The Morgan fingerprint density at radius 3 is 2.57 bits per heavy atom. The summed E-state index contributed by atoms with van der Waals surface area (Å²) in [5.74, 6) is -0.408. The van der Waals surface area contributed by atoms with Crippen molar-refractivity contribution in [1.29, 1.82) is 0 Å². The number of sulfonamides is 1. The molecule has 2 aromatic rings. The van der Waals surface area contributed by atoms with Crippen LogP contribution in [0.25, 0.3) is 0 Å². The largest absolute Gasteiger partial charge is 0.271 e. The standard InChI is InChI=1S/C21H23N3O3S/c25-21(23-22-20-12-6-8-16-7-1-2-11-19(16)20)17-9-5-10-18(15-17)28(26,27)24-13-3-4-14-24/h1-2,5,7,9-11,15H,3-4,6,8,12-14H2,(H,23,25)/b22-20-. The summed E-state index contributed by atoms with van der Waals surface area (Å²) in [5, 5.41) is 4.33. The average molecular weight is 398 g/mol. The third-order valence-electron chi connectivity index (χ3n) is 5.28. The van der Waals surface area contributed by atoms with E-state index in [0.717, 1.165) is 43.4 Å². The van der Waals surface area contributed by atoms with E-state index in [1.807, 2.05) is 18.2 Å². The van der Waals surface area contributed by atoms with Gasteiger partial charge in [0.1, 0.15) is 0 Å². The first-order valence-corrected chi connectivity index (χ1v) is 11.0. The summed E-state index contributed by atoms with van der Waals surface area (Å²) in [6.07, 6.45) is 4.56. The molecule has 0 radical (unpaired) electrons. The summed E-state index contributed by atoms with van der Waals surface area (Å²) in [5.41, 5.74) is 6.05. The monoisotopic (exact) mass is 397 g/mol. The van der Waals surface area contributed by atoms with Crippen molar-refractivity contribution in [1.82, 2.24) is 9.73 Å². The van der Waals surface area contributed by atoms with Crippen LogP contribution in [0, 0.1) is 0 Å². The van der Waals surface area contributed by atoms with Gasteiger partial charge in [-0.3, -0.25) is 4.79 Å². The molecule has 1 amide bonds. The number of amides is 1. The lowest BCUT2D eigenvalue weighted by Crippen LogP contribution is -2.28. The first-order chi connectivity index (χ1) is 13.6. The van der Waals surface area contributed by atoms with Crippen LogP contribution in [0.15, 0.2) is 58.5 Å². The number of benzene rings is 2. The predicted molar refractivity (Wildman–Crippen MR) is 108 cm³/mol. The Bertz CT molecular complexity index is 1020. The van der Waals surface area contributed by atoms with Crippen molar-refractivity contribution in [2.45, 2.75) is 37.0 Å². The highest BCUT2D eigenvalue weighted by Crippen LogP contribution is 2.22. The van der Waals surface area contributed by atoms with Crippen molar-refractivity contribution in [3.05, 3.63) is 65.2 Å². The van der Waals surface area contributed by atoms with Crippen LogP contribution < -0.4 is 5.43 Å². The van der Waals surface area contributed by atoms with Crippen molar-refractivity contribution in [2.24, 2.45) is 5.10 Å². The predicted octanol–water partition coefficient (Wildman–Crippen LogP) is 2.94. The van der Waals surface area contributed by atoms with Crippen molar-refractivity contribution in [3.8, 4) is 0 Å². The molecule has 0 spiro atoms. The topological polar surface area (TPSA) is 78.8 Å². The molecular formula is C21H23N3O3S. The zero-order valence-electron chi connectivity index (χ0n) is 15.6. The SMILES string of the molecule is O=C(N/N=C1/CCCc2ccccc21)c1cccc(S(=O)(=O)N2CCCC2)c1. The normalized spacial score (nSPS) is 18.8. The molecule has 0 unspecified atom stereocenters. The molecule has 1 heterocycles. The number of nitrogens with one attached hydrogen (secondary N) is 1. The molecule has 0 bridgehead atoms. The lowest BCUT2D eigenvalue weighted by Gasteiger charge is -2.17. The van der Waals surface area contributed by atoms with Gasteiger partial charge in [-0.1, -0.05) is 30.3 Å². The molecule has 0 atom stereocenters. The Hall–Kier alpha value is -2.51. The number of carbonyl (C=O) groups is 1. The fourth-order valence-electron chi connectivity index (χ4n) is 3.78. The smallest absolute Gasteiger partial charge is 0.267 e. The van der Waals surface area contributed by atoms with E-state index in [0.29, 0.717) is 13.1 Å². The van der Waals surface area contributed by atoms with E-state index >= 15 is 0 Å². The van der Waals surface area contributed by atoms with E-state index in [-0.39, 0.29) is 10.5 Å². The van der Waals surface area contributed by atoms with Crippen LogP contribution in [0.4, 0.5) is 0 Å². The van der Waals surface area contributed by atoms with Crippen LogP contribution in [0.5, 0.6) is 0 Å². The van der Waals surface area contributed by atoms with Crippen LogP contribution in [-0.4, -0.2) is 37.4 Å². The summed E-state index contributed by atoms with van der Waals surface area (Å²) < 4.78 is 26.9. The zero-order chi connectivity index (χ0) is 19.6. The minimum atomic E-state index is -3.55. The molecule has 1 N–H and O–H groups in total. The molecule has 0 saturated carbocycles. The zero-order valence-corrected chi connectivity index (χ0v) is 16.4. The minimum Gasteiger partial charge on any atom is -0.267 e. The van der Waals surface area contributed by atoms with Gasteiger partial charge in [0.05, 0.1) is 10.6 Å². The number of hydrazone groups is 1. The van der Waals surface area contributed by atoms with Crippen LogP contribution in [0.1, 0.15) is 47.2 Å². The third-order valence-corrected chi connectivity index (χ3v) is 7.17. The summed E-state index contributed by atoms with van der Waals surface area (Å²) in [6.45, 7) is 1.07. The molecule has 4 rings (SSSR count). The van der Waals surface area contributed by atoms with E-state index in [1.165, 1.54) is 22.0 Å². The summed E-state index contributed by atoms with van der Waals surface area (Å²) in [7, 11) is -3.55. The number of carbonyl (C=O) groups excluding carboxylic acids is 1. The Balaban J connectivity index is 1.54. The second kappa shape index (κ2) is 7.85. The molecule has 2 aromatic carbocycles. The third kappa shape index (κ3) is 3.72. The van der Waals surface area contributed by atoms with Crippen LogP contribution >= 0.6 is 0 Å². The Morgan fingerprint density at radius 1 is 0.964 bits per heavy atom. The van der Waals surface area contributed by atoms with E-state index in [4.69, 9.17) is 0 Å². The van der Waals surface area contributed by atoms with Gasteiger partial charge in [-0.15, -0.1) is 0 Å². The fraction of sp³-hybridized carbons (Fsp3) is 0.333. The molecule has 0 aromatic heterocycles. The number of hydrogen-bond donors (Lipinski definition) is 1. The van der Waals surface area contributed by atoms with Gasteiger partial charge in [-0.05, 0) is 55.9 Å². The van der Waals surface area contributed by atoms with Crippen LogP contribution in [0.3, 0.4) is 0 Å². The van der Waals surface area contributed by atoms with E-state index in [9.17, 15) is 13.2 Å². The second-order valence-corrected chi connectivity index (χ2v) is 9.09. The molecule has 7 heteroatoms. The lowest BCUT2D eigenvalue weighted by atomic mass is 9.90. The highest BCUT2D eigenvalue weighted by atomic mass is 32.2. The van der Waals surface area contributed by atoms with E-state index in [2.05, 4.69) is 16.6 Å². The summed E-state index contributed by atoms with van der Waals surface area (Å²) in [4.78, 5) is 12.7. The van der Waals surface area contributed by atoms with Gasteiger partial charge >= 0.3 is 0 Å². The first-order valence-electron chi connectivity index (χ1n) is 9.61. The number of hydrogen-bond acceptors (Lipinski definition) is 4. The van der Waals surface area contributed by atoms with Gasteiger partial charge in [0.15, 0.2) is 0 Å². The lowest BCUT2D eigenvalue weighted by molar-refractivity contribution is 0.0954. The summed E-state index contributed by atoms with van der Waals surface area (Å²) >= 11 is 0. The average Bonchev–Trinajstić information content (AvgIpc) is 3.28. The maximum atomic E-state index is 12.7. The maximum absolute atomic E-state index is 12.7. The van der Waals surface area contributed by atoms with Crippen LogP contribution in [0.2, 0.25) is 0 Å². The van der Waals surface area contributed by atoms with Crippen LogP contribution in [-0.2, 0) is 16.4 Å². The van der Waals surface area contributed by atoms with Gasteiger partial charge in [-0.25, -0.2) is 13.8 Å². The number of nitrogens with zero attached hydrogens (tertiary/aromatic N) is 2. The molecule has 6 nitrogen and oxygen atoms in total. The Labute approximate surface area is 165 Å². The molecule has 1 aliphatic heterocycles. The van der Waals surface area contributed by atoms with Crippen molar-refractivity contribution >= 4 is 21.6 Å².